The number of hydrogen-bond acceptors (Lipinski definition) is 5. The van der Waals surface area contributed by atoms with Crippen LogP contribution in [-0.2, 0) is 0 Å². The minimum atomic E-state index is 0.449. The Hall–Kier alpha value is -2.50. The molecule has 16 heavy (non-hydrogen) atoms. The predicted molar refractivity (Wildman–Crippen MR) is 59.3 cm³/mol. The maximum absolute atomic E-state index is 5.58. The highest BCUT2D eigenvalue weighted by Crippen LogP contribution is 2.17. The van der Waals surface area contributed by atoms with Gasteiger partial charge in [-0.25, -0.2) is 15.0 Å². The molecule has 78 valence electrons. The molecule has 0 radical (unpaired) electrons. The maximum atomic E-state index is 5.58. The number of fused-ring (bicyclic) bond motifs is 1. The number of nitrogens with zero attached hydrogens (tertiary/aromatic N) is 4. The molecule has 0 saturated heterocycles. The topological polar surface area (TPSA) is 93.4 Å². The van der Waals surface area contributed by atoms with Crippen LogP contribution in [0, 0.1) is 0 Å². The third kappa shape index (κ3) is 1.36. The zero-order valence-electron chi connectivity index (χ0n) is 8.25. The van der Waals surface area contributed by atoms with Crippen molar-refractivity contribution < 1.29 is 0 Å². The van der Waals surface area contributed by atoms with E-state index < -0.39 is 0 Å². The fourth-order valence-corrected chi connectivity index (χ4v) is 1.45. The first-order valence-electron chi connectivity index (χ1n) is 4.71. The van der Waals surface area contributed by atoms with Crippen molar-refractivity contribution in [3.63, 3.8) is 0 Å². The van der Waals surface area contributed by atoms with Gasteiger partial charge in [0, 0.05) is 12.4 Å². The largest absolute Gasteiger partial charge is 0.384 e. The Balaban J connectivity index is 2.19. The third-order valence-corrected chi connectivity index (χ3v) is 2.17. The van der Waals surface area contributed by atoms with E-state index in [1.807, 2.05) is 6.07 Å². The monoisotopic (exact) mass is 212 g/mol. The molecule has 0 saturated carbocycles. The van der Waals surface area contributed by atoms with Gasteiger partial charge in [-0.15, -0.1) is 0 Å². The molecule has 3 N–H and O–H groups in total. The van der Waals surface area contributed by atoms with Crippen LogP contribution in [0.25, 0.3) is 22.7 Å². The zero-order chi connectivity index (χ0) is 11.0. The third-order valence-electron chi connectivity index (χ3n) is 2.17. The molecule has 3 aromatic rings. The number of nitrogens with one attached hydrogen (secondary N) is 1. The molecule has 0 atom stereocenters. The van der Waals surface area contributed by atoms with Crippen molar-refractivity contribution in [3.05, 3.63) is 30.7 Å². The summed E-state index contributed by atoms with van der Waals surface area (Å²) in [5.41, 5.74) is 7.67. The fraction of sp³-hybridized carbons (Fsp3) is 0. The highest BCUT2D eigenvalue weighted by molar-refractivity contribution is 5.76. The lowest BCUT2D eigenvalue weighted by Gasteiger charge is -1.91. The average molecular weight is 212 g/mol. The Kier molecular flexibility index (Phi) is 1.79. The van der Waals surface area contributed by atoms with Crippen LogP contribution < -0.4 is 5.73 Å². The Bertz CT molecular complexity index is 630. The van der Waals surface area contributed by atoms with Crippen LogP contribution in [0.3, 0.4) is 0 Å². The molecule has 3 rings (SSSR count). The zero-order valence-corrected chi connectivity index (χ0v) is 8.25. The number of nitrogens with two attached hydrogens (primary N) is 1. The van der Waals surface area contributed by atoms with Gasteiger partial charge in [-0.3, -0.25) is 4.98 Å². The van der Waals surface area contributed by atoms with Crippen molar-refractivity contribution >= 4 is 17.0 Å². The number of H-pyrrole nitrogens is 1. The molecule has 3 heterocycles. The molecule has 0 fully saturated rings. The molecule has 0 amide bonds. The SMILES string of the molecule is Nc1ccc2[nH]c(-c3cnccn3)nc2n1. The molecular weight excluding hydrogens is 204 g/mol. The van der Waals surface area contributed by atoms with Gasteiger partial charge in [0.15, 0.2) is 11.5 Å². The maximum Gasteiger partial charge on any atom is 0.180 e. The molecule has 0 aliphatic heterocycles. The molecule has 0 aromatic carbocycles. The second-order valence-corrected chi connectivity index (χ2v) is 3.28. The Labute approximate surface area is 90.6 Å². The molecule has 0 bridgehead atoms. The molecule has 3 aromatic heterocycles. The summed E-state index contributed by atoms with van der Waals surface area (Å²) in [5, 5.41) is 0. The van der Waals surface area contributed by atoms with Crippen LogP contribution in [0.2, 0.25) is 0 Å². The van der Waals surface area contributed by atoms with E-state index >= 15 is 0 Å². The van der Waals surface area contributed by atoms with Crippen molar-refractivity contribution in [1.29, 1.82) is 0 Å². The fourth-order valence-electron chi connectivity index (χ4n) is 1.45. The van der Waals surface area contributed by atoms with Crippen LogP contribution in [0.4, 0.5) is 5.82 Å². The molecule has 0 unspecified atom stereocenters. The number of nitrogen functional groups attached to an aromatic ring is 1. The molecular formula is C10H8N6. The number of anilines is 1. The van der Waals surface area contributed by atoms with E-state index in [9.17, 15) is 0 Å². The van der Waals surface area contributed by atoms with Gasteiger partial charge < -0.3 is 10.7 Å². The average Bonchev–Trinajstić information content (AvgIpc) is 2.73. The summed E-state index contributed by atoms with van der Waals surface area (Å²) >= 11 is 0. The van der Waals surface area contributed by atoms with E-state index in [4.69, 9.17) is 5.73 Å². The lowest BCUT2D eigenvalue weighted by molar-refractivity contribution is 1.16. The van der Waals surface area contributed by atoms with Crippen molar-refractivity contribution in [2.75, 3.05) is 5.73 Å². The van der Waals surface area contributed by atoms with Gasteiger partial charge in [-0.05, 0) is 12.1 Å². The van der Waals surface area contributed by atoms with Crippen molar-refractivity contribution in [1.82, 2.24) is 24.9 Å². The molecule has 0 aliphatic rings. The van der Waals surface area contributed by atoms with Crippen LogP contribution >= 0.6 is 0 Å². The van der Waals surface area contributed by atoms with Crippen molar-refractivity contribution in [3.8, 4) is 11.5 Å². The van der Waals surface area contributed by atoms with Gasteiger partial charge in [0.25, 0.3) is 0 Å². The summed E-state index contributed by atoms with van der Waals surface area (Å²) in [6.07, 6.45) is 4.87. The second kappa shape index (κ2) is 3.27. The van der Waals surface area contributed by atoms with E-state index in [1.54, 1.807) is 24.7 Å². The Morgan fingerprint density at radius 2 is 2.06 bits per heavy atom. The summed E-state index contributed by atoms with van der Waals surface area (Å²) in [7, 11) is 0. The Morgan fingerprint density at radius 1 is 1.12 bits per heavy atom. The van der Waals surface area contributed by atoms with Crippen molar-refractivity contribution in [2.45, 2.75) is 0 Å². The first-order chi connectivity index (χ1) is 7.83. The van der Waals surface area contributed by atoms with Gasteiger partial charge in [0.2, 0.25) is 0 Å². The minimum absolute atomic E-state index is 0.449. The van der Waals surface area contributed by atoms with E-state index in [-0.39, 0.29) is 0 Å². The Morgan fingerprint density at radius 3 is 2.88 bits per heavy atom. The number of hydrogen-bond donors (Lipinski definition) is 2. The molecule has 6 heteroatoms. The number of rotatable bonds is 1. The number of aromatic nitrogens is 5. The highest BCUT2D eigenvalue weighted by atomic mass is 15.0. The van der Waals surface area contributed by atoms with Gasteiger partial charge in [-0.1, -0.05) is 0 Å². The quantitative estimate of drug-likeness (QED) is 0.627. The smallest absolute Gasteiger partial charge is 0.180 e. The predicted octanol–water partition coefficient (Wildman–Crippen LogP) is 0.997. The summed E-state index contributed by atoms with van der Waals surface area (Å²) in [4.78, 5) is 19.6. The summed E-state index contributed by atoms with van der Waals surface area (Å²) in [6, 6.07) is 3.56. The second-order valence-electron chi connectivity index (χ2n) is 3.28. The van der Waals surface area contributed by atoms with Crippen LogP contribution in [0.5, 0.6) is 0 Å². The van der Waals surface area contributed by atoms with Gasteiger partial charge in [0.05, 0.1) is 11.7 Å². The number of aromatic amines is 1. The molecule has 0 spiro atoms. The van der Waals surface area contributed by atoms with Crippen LogP contribution in [0.15, 0.2) is 30.7 Å². The van der Waals surface area contributed by atoms with E-state index in [0.29, 0.717) is 23.0 Å². The van der Waals surface area contributed by atoms with Gasteiger partial charge in [-0.2, -0.15) is 0 Å². The van der Waals surface area contributed by atoms with Gasteiger partial charge in [0.1, 0.15) is 11.5 Å². The molecule has 6 nitrogen and oxygen atoms in total. The standard InChI is InChI=1S/C10H8N6/c11-8-2-1-6-9(15-8)16-10(14-6)7-5-12-3-4-13-7/h1-5H,(H3,11,14,15,16). The normalized spacial score (nSPS) is 10.8. The first kappa shape index (κ1) is 8.78. The summed E-state index contributed by atoms with van der Waals surface area (Å²) in [6.45, 7) is 0. The minimum Gasteiger partial charge on any atom is -0.384 e. The highest BCUT2D eigenvalue weighted by Gasteiger charge is 2.07. The van der Waals surface area contributed by atoms with E-state index in [1.165, 1.54) is 0 Å². The first-order valence-corrected chi connectivity index (χ1v) is 4.71. The summed E-state index contributed by atoms with van der Waals surface area (Å²) in [5.74, 6) is 1.09. The van der Waals surface area contributed by atoms with Crippen LogP contribution in [-0.4, -0.2) is 24.9 Å². The lowest BCUT2D eigenvalue weighted by atomic mass is 10.4. The van der Waals surface area contributed by atoms with E-state index in [2.05, 4.69) is 24.9 Å². The van der Waals surface area contributed by atoms with Gasteiger partial charge >= 0.3 is 0 Å². The van der Waals surface area contributed by atoms with E-state index in [0.717, 1.165) is 5.52 Å². The number of pyridine rings is 1. The van der Waals surface area contributed by atoms with Crippen molar-refractivity contribution in [2.24, 2.45) is 0 Å². The lowest BCUT2D eigenvalue weighted by Crippen LogP contribution is -1.88. The summed E-state index contributed by atoms with van der Waals surface area (Å²) < 4.78 is 0. The molecule has 0 aliphatic carbocycles. The number of imidazole rings is 1. The van der Waals surface area contributed by atoms with Crippen LogP contribution in [0.1, 0.15) is 0 Å².